The summed E-state index contributed by atoms with van der Waals surface area (Å²) in [7, 11) is 0. The summed E-state index contributed by atoms with van der Waals surface area (Å²) in [5.74, 6) is 0.830. The second kappa shape index (κ2) is 10.5. The van der Waals surface area contributed by atoms with Crippen LogP contribution in [-0.2, 0) is 14.9 Å². The maximum absolute atomic E-state index is 13.3. The number of amides is 1. The summed E-state index contributed by atoms with van der Waals surface area (Å²) in [5, 5.41) is 5.27. The molecule has 0 radical (unpaired) electrons. The number of aromatic nitrogens is 2. The highest BCUT2D eigenvalue weighted by molar-refractivity contribution is 9.10. The number of benzene rings is 2. The molecule has 0 N–H and O–H groups in total. The Kier molecular flexibility index (Phi) is 7.59. The fourth-order valence-electron chi connectivity index (χ4n) is 3.62. The number of hydrogen-bond donors (Lipinski definition) is 0. The second-order valence-electron chi connectivity index (χ2n) is 9.18. The van der Waals surface area contributed by atoms with Gasteiger partial charge in [-0.25, -0.2) is 4.98 Å². The minimum atomic E-state index is -0.417. The van der Waals surface area contributed by atoms with E-state index in [0.29, 0.717) is 59.4 Å². The van der Waals surface area contributed by atoms with Crippen LogP contribution < -0.4 is 10.3 Å². The first kappa shape index (κ1) is 25.3. The number of carbonyl (C=O) groups excluding carboxylic acids is 1. The number of halogens is 2. The monoisotopic (exact) mass is 560 g/mol. The standard InChI is InChI=1S/C25H26BrClN4O4/c1-25(2,3)24-29-20-6-5-17(26)13-18(20)23(33)31(24)28-14-16-4-7-21(19(27)12-16)35-15-22(32)30-8-10-34-11-9-30/h4-7,12-14H,8-11,15H2,1-3H3. The summed E-state index contributed by atoms with van der Waals surface area (Å²) in [6, 6.07) is 10.5. The van der Waals surface area contributed by atoms with Crippen LogP contribution >= 0.6 is 27.5 Å². The Labute approximate surface area is 216 Å². The van der Waals surface area contributed by atoms with Crippen LogP contribution in [0.1, 0.15) is 32.2 Å². The largest absolute Gasteiger partial charge is 0.482 e. The molecule has 0 atom stereocenters. The first-order valence-electron chi connectivity index (χ1n) is 11.2. The molecule has 0 spiro atoms. The predicted octanol–water partition coefficient (Wildman–Crippen LogP) is 4.23. The molecule has 2 aromatic carbocycles. The van der Waals surface area contributed by atoms with Crippen LogP contribution in [0.3, 0.4) is 0 Å². The van der Waals surface area contributed by atoms with Gasteiger partial charge in [0.1, 0.15) is 11.6 Å². The van der Waals surface area contributed by atoms with Gasteiger partial charge >= 0.3 is 0 Å². The SMILES string of the molecule is CC(C)(C)c1nc2ccc(Br)cc2c(=O)n1N=Cc1ccc(OCC(=O)N2CCOCC2)c(Cl)c1. The molecule has 0 saturated carbocycles. The van der Waals surface area contributed by atoms with Crippen molar-refractivity contribution in [3.05, 3.63) is 67.6 Å². The van der Waals surface area contributed by atoms with Crippen LogP contribution in [0.2, 0.25) is 5.02 Å². The van der Waals surface area contributed by atoms with E-state index in [-0.39, 0.29) is 18.1 Å². The number of hydrogen-bond acceptors (Lipinski definition) is 6. The molecule has 8 nitrogen and oxygen atoms in total. The van der Waals surface area contributed by atoms with Crippen molar-refractivity contribution in [2.75, 3.05) is 32.9 Å². The van der Waals surface area contributed by atoms with Gasteiger partial charge in [-0.2, -0.15) is 9.78 Å². The molecule has 0 aliphatic carbocycles. The predicted molar refractivity (Wildman–Crippen MR) is 140 cm³/mol. The van der Waals surface area contributed by atoms with E-state index in [1.165, 1.54) is 4.68 Å². The number of nitrogens with zero attached hydrogens (tertiary/aromatic N) is 4. The van der Waals surface area contributed by atoms with Gasteiger partial charge in [0.2, 0.25) is 0 Å². The van der Waals surface area contributed by atoms with E-state index >= 15 is 0 Å². The highest BCUT2D eigenvalue weighted by Gasteiger charge is 2.23. The maximum atomic E-state index is 13.3. The van der Waals surface area contributed by atoms with Gasteiger partial charge in [0.05, 0.1) is 35.4 Å². The van der Waals surface area contributed by atoms with Crippen LogP contribution in [0.15, 0.2) is 50.8 Å². The van der Waals surface area contributed by atoms with Gasteiger partial charge in [0, 0.05) is 23.0 Å². The first-order chi connectivity index (χ1) is 16.6. The number of morpholine rings is 1. The lowest BCUT2D eigenvalue weighted by Gasteiger charge is -2.26. The van der Waals surface area contributed by atoms with Gasteiger partial charge in [-0.1, -0.05) is 48.3 Å². The molecular weight excluding hydrogens is 536 g/mol. The molecule has 35 heavy (non-hydrogen) atoms. The van der Waals surface area contributed by atoms with Crippen molar-refractivity contribution in [3.63, 3.8) is 0 Å². The molecule has 10 heteroatoms. The third kappa shape index (κ3) is 5.91. The van der Waals surface area contributed by atoms with Crippen LogP contribution in [-0.4, -0.2) is 59.6 Å². The zero-order chi connectivity index (χ0) is 25.2. The average Bonchev–Trinajstić information content (AvgIpc) is 2.83. The van der Waals surface area contributed by atoms with E-state index in [4.69, 9.17) is 26.1 Å². The Morgan fingerprint density at radius 3 is 2.66 bits per heavy atom. The minimum absolute atomic E-state index is 0.101. The Bertz CT molecular complexity index is 1340. The lowest BCUT2D eigenvalue weighted by Crippen LogP contribution is -2.43. The minimum Gasteiger partial charge on any atom is -0.482 e. The highest BCUT2D eigenvalue weighted by Crippen LogP contribution is 2.26. The van der Waals surface area contributed by atoms with Gasteiger partial charge in [-0.05, 0) is 42.0 Å². The van der Waals surface area contributed by atoms with Crippen molar-refractivity contribution in [1.82, 2.24) is 14.6 Å². The fraction of sp³-hybridized carbons (Fsp3) is 0.360. The van der Waals surface area contributed by atoms with Gasteiger partial charge in [0.25, 0.3) is 11.5 Å². The van der Waals surface area contributed by atoms with Crippen molar-refractivity contribution in [3.8, 4) is 5.75 Å². The number of rotatable bonds is 5. The quantitative estimate of drug-likeness (QED) is 0.435. The molecular formula is C25H26BrClN4O4. The summed E-state index contributed by atoms with van der Waals surface area (Å²) >= 11 is 9.81. The Morgan fingerprint density at radius 2 is 1.97 bits per heavy atom. The van der Waals surface area contributed by atoms with E-state index < -0.39 is 5.41 Å². The second-order valence-corrected chi connectivity index (χ2v) is 10.5. The van der Waals surface area contributed by atoms with Gasteiger partial charge in [-0.3, -0.25) is 9.59 Å². The molecule has 1 fully saturated rings. The van der Waals surface area contributed by atoms with Gasteiger partial charge < -0.3 is 14.4 Å². The van der Waals surface area contributed by atoms with E-state index in [9.17, 15) is 9.59 Å². The van der Waals surface area contributed by atoms with Crippen LogP contribution in [0.5, 0.6) is 5.75 Å². The molecule has 2 heterocycles. The first-order valence-corrected chi connectivity index (χ1v) is 12.4. The van der Waals surface area contributed by atoms with Crippen molar-refractivity contribution < 1.29 is 14.3 Å². The third-order valence-electron chi connectivity index (χ3n) is 5.47. The number of ether oxygens (including phenoxy) is 2. The average molecular weight is 562 g/mol. The van der Waals surface area contributed by atoms with Crippen molar-refractivity contribution in [2.45, 2.75) is 26.2 Å². The molecule has 1 saturated heterocycles. The van der Waals surface area contributed by atoms with E-state index in [0.717, 1.165) is 4.47 Å². The van der Waals surface area contributed by atoms with Crippen LogP contribution in [0.4, 0.5) is 0 Å². The molecule has 1 aliphatic rings. The molecule has 184 valence electrons. The molecule has 0 unspecified atom stereocenters. The highest BCUT2D eigenvalue weighted by atomic mass is 79.9. The molecule has 3 aromatic rings. The van der Waals surface area contributed by atoms with Crippen molar-refractivity contribution in [2.24, 2.45) is 5.10 Å². The number of carbonyl (C=O) groups is 1. The molecule has 1 aliphatic heterocycles. The Morgan fingerprint density at radius 1 is 1.23 bits per heavy atom. The Balaban J connectivity index is 1.57. The summed E-state index contributed by atoms with van der Waals surface area (Å²) < 4.78 is 13.0. The Hall–Kier alpha value is -2.75. The van der Waals surface area contributed by atoms with E-state index in [1.807, 2.05) is 32.9 Å². The molecule has 1 aromatic heterocycles. The summed E-state index contributed by atoms with van der Waals surface area (Å²) in [4.78, 5) is 32.0. The summed E-state index contributed by atoms with van der Waals surface area (Å²) in [6.07, 6.45) is 1.55. The third-order valence-corrected chi connectivity index (χ3v) is 6.26. The van der Waals surface area contributed by atoms with E-state index in [1.54, 1.807) is 35.4 Å². The summed E-state index contributed by atoms with van der Waals surface area (Å²) in [5.41, 5.74) is 0.610. The van der Waals surface area contributed by atoms with Crippen LogP contribution in [0.25, 0.3) is 10.9 Å². The normalized spacial score (nSPS) is 14.6. The van der Waals surface area contributed by atoms with Gasteiger partial charge in [0.15, 0.2) is 6.61 Å². The zero-order valence-electron chi connectivity index (χ0n) is 19.8. The maximum Gasteiger partial charge on any atom is 0.282 e. The fourth-order valence-corrected chi connectivity index (χ4v) is 4.23. The van der Waals surface area contributed by atoms with Crippen LogP contribution in [0, 0.1) is 0 Å². The lowest BCUT2D eigenvalue weighted by molar-refractivity contribution is -0.137. The zero-order valence-corrected chi connectivity index (χ0v) is 22.1. The van der Waals surface area contributed by atoms with Crippen molar-refractivity contribution in [1.29, 1.82) is 0 Å². The summed E-state index contributed by atoms with van der Waals surface area (Å²) in [6.45, 7) is 8.01. The molecule has 4 rings (SSSR count). The lowest BCUT2D eigenvalue weighted by atomic mass is 9.95. The smallest absolute Gasteiger partial charge is 0.282 e. The molecule has 0 bridgehead atoms. The molecule has 1 amide bonds. The van der Waals surface area contributed by atoms with Gasteiger partial charge in [-0.15, -0.1) is 0 Å². The van der Waals surface area contributed by atoms with E-state index in [2.05, 4.69) is 21.0 Å². The van der Waals surface area contributed by atoms with Crippen molar-refractivity contribution >= 4 is 50.6 Å². The number of fused-ring (bicyclic) bond motifs is 1. The topological polar surface area (TPSA) is 86.0 Å².